The van der Waals surface area contributed by atoms with Gasteiger partial charge in [0.1, 0.15) is 5.75 Å². The van der Waals surface area contributed by atoms with Gasteiger partial charge < -0.3 is 19.9 Å². The van der Waals surface area contributed by atoms with Crippen LogP contribution in [0.15, 0.2) is 47.6 Å². The maximum absolute atomic E-state index is 13.0. The third-order valence-electron chi connectivity index (χ3n) is 5.25. The first-order valence-electron chi connectivity index (χ1n) is 11.5. The summed E-state index contributed by atoms with van der Waals surface area (Å²) >= 11 is 13.5. The zero-order valence-electron chi connectivity index (χ0n) is 20.5. The number of hydrogen-bond donors (Lipinski definition) is 2. The van der Waals surface area contributed by atoms with E-state index in [1.807, 2.05) is 23.6 Å². The molecule has 0 saturated heterocycles. The fraction of sp³-hybridized carbons (Fsp3) is 0.360. The van der Waals surface area contributed by atoms with Crippen molar-refractivity contribution in [3.05, 3.63) is 63.9 Å². The number of carbonyl (C=O) groups excluding carboxylic acids is 2. The minimum absolute atomic E-state index is 0.150. The van der Waals surface area contributed by atoms with Crippen LogP contribution >= 0.6 is 35.0 Å². The normalized spacial score (nSPS) is 11.9. The number of thioether (sulfide) groups is 1. The Hall–Kier alpha value is -2.75. The van der Waals surface area contributed by atoms with Crippen LogP contribution in [-0.4, -0.2) is 39.4 Å². The minimum atomic E-state index is -0.392. The number of rotatable bonds is 11. The van der Waals surface area contributed by atoms with Crippen molar-refractivity contribution < 1.29 is 14.3 Å². The van der Waals surface area contributed by atoms with Crippen molar-refractivity contribution in [3.8, 4) is 5.75 Å². The Bertz CT molecular complexity index is 1220. The zero-order valence-corrected chi connectivity index (χ0v) is 22.9. The van der Waals surface area contributed by atoms with Gasteiger partial charge in [-0.05, 0) is 49.6 Å². The number of halogens is 2. The van der Waals surface area contributed by atoms with Gasteiger partial charge in [0.05, 0.1) is 29.5 Å². The molecule has 11 heteroatoms. The molecule has 0 radical (unpaired) electrons. The number of hydrogen-bond acceptors (Lipinski definition) is 6. The molecular weight excluding hydrogens is 521 g/mol. The van der Waals surface area contributed by atoms with Crippen molar-refractivity contribution in [2.24, 2.45) is 5.92 Å². The van der Waals surface area contributed by atoms with Crippen LogP contribution < -0.4 is 15.4 Å². The van der Waals surface area contributed by atoms with E-state index in [-0.39, 0.29) is 28.5 Å². The van der Waals surface area contributed by atoms with Crippen LogP contribution in [0.4, 0.5) is 5.69 Å². The number of carbonyl (C=O) groups is 2. The second kappa shape index (κ2) is 13.0. The lowest BCUT2D eigenvalue weighted by Gasteiger charge is -2.21. The van der Waals surface area contributed by atoms with Crippen LogP contribution in [0.3, 0.4) is 0 Å². The smallest absolute Gasteiger partial charge is 0.253 e. The average Bonchev–Trinajstić information content (AvgIpc) is 3.25. The predicted octanol–water partition coefficient (Wildman–Crippen LogP) is 5.86. The van der Waals surface area contributed by atoms with E-state index in [0.29, 0.717) is 46.0 Å². The molecule has 0 aliphatic carbocycles. The quantitative estimate of drug-likeness (QED) is 0.290. The molecule has 0 aliphatic heterocycles. The first kappa shape index (κ1) is 27.8. The number of amides is 2. The molecule has 0 bridgehead atoms. The minimum Gasteiger partial charge on any atom is -0.497 e. The van der Waals surface area contributed by atoms with Gasteiger partial charge in [-0.1, -0.05) is 54.9 Å². The lowest BCUT2D eigenvalue weighted by Crippen LogP contribution is -2.31. The van der Waals surface area contributed by atoms with Crippen molar-refractivity contribution >= 4 is 52.5 Å². The molecule has 1 atom stereocenters. The molecule has 0 spiro atoms. The number of anilines is 1. The second-order valence-electron chi connectivity index (χ2n) is 8.43. The first-order chi connectivity index (χ1) is 17.2. The second-order valence-corrected chi connectivity index (χ2v) is 10.2. The highest BCUT2D eigenvalue weighted by Gasteiger charge is 2.25. The monoisotopic (exact) mass is 549 g/mol. The first-order valence-corrected chi connectivity index (χ1v) is 13.2. The Balaban J connectivity index is 1.74. The van der Waals surface area contributed by atoms with E-state index in [4.69, 9.17) is 27.9 Å². The number of ether oxygens (including phenoxy) is 1. The van der Waals surface area contributed by atoms with E-state index in [0.717, 1.165) is 0 Å². The Morgan fingerprint density at radius 3 is 2.58 bits per heavy atom. The molecule has 192 valence electrons. The van der Waals surface area contributed by atoms with Gasteiger partial charge in [0.2, 0.25) is 5.91 Å². The number of benzene rings is 2. The molecule has 3 rings (SSSR count). The predicted molar refractivity (Wildman–Crippen MR) is 144 cm³/mol. The maximum Gasteiger partial charge on any atom is 0.253 e. The summed E-state index contributed by atoms with van der Waals surface area (Å²) in [6, 6.07) is 11.5. The van der Waals surface area contributed by atoms with Gasteiger partial charge in [-0.2, -0.15) is 0 Å². The van der Waals surface area contributed by atoms with E-state index in [1.54, 1.807) is 31.4 Å². The van der Waals surface area contributed by atoms with Crippen LogP contribution in [0.1, 0.15) is 49.4 Å². The summed E-state index contributed by atoms with van der Waals surface area (Å²) in [6.07, 6.45) is 0.649. The molecule has 0 fully saturated rings. The fourth-order valence-electron chi connectivity index (χ4n) is 3.60. The summed E-state index contributed by atoms with van der Waals surface area (Å²) in [4.78, 5) is 25.5. The molecular formula is C25H29Cl2N5O3S. The van der Waals surface area contributed by atoms with E-state index in [2.05, 4.69) is 34.7 Å². The van der Waals surface area contributed by atoms with E-state index >= 15 is 0 Å². The van der Waals surface area contributed by atoms with Crippen molar-refractivity contribution in [3.63, 3.8) is 0 Å². The third-order valence-corrected chi connectivity index (χ3v) is 6.76. The third kappa shape index (κ3) is 7.38. The molecule has 3 aromatic rings. The summed E-state index contributed by atoms with van der Waals surface area (Å²) in [6.45, 7) is 6.69. The van der Waals surface area contributed by atoms with Crippen molar-refractivity contribution in [1.82, 2.24) is 20.1 Å². The molecule has 0 saturated carbocycles. The van der Waals surface area contributed by atoms with Crippen molar-refractivity contribution in [2.75, 3.05) is 18.2 Å². The van der Waals surface area contributed by atoms with Gasteiger partial charge in [-0.25, -0.2) is 0 Å². The molecule has 8 nitrogen and oxygen atoms in total. The van der Waals surface area contributed by atoms with E-state index in [9.17, 15) is 9.59 Å². The highest BCUT2D eigenvalue weighted by Crippen LogP contribution is 2.27. The van der Waals surface area contributed by atoms with Crippen LogP contribution in [-0.2, 0) is 11.3 Å². The Morgan fingerprint density at radius 1 is 1.14 bits per heavy atom. The molecule has 0 aliphatic rings. The summed E-state index contributed by atoms with van der Waals surface area (Å²) in [7, 11) is 1.57. The highest BCUT2D eigenvalue weighted by molar-refractivity contribution is 7.99. The van der Waals surface area contributed by atoms with Gasteiger partial charge in [-0.3, -0.25) is 9.59 Å². The van der Waals surface area contributed by atoms with Gasteiger partial charge in [0, 0.05) is 23.3 Å². The maximum atomic E-state index is 13.0. The number of nitrogens with zero attached hydrogens (tertiary/aromatic N) is 3. The Kier molecular flexibility index (Phi) is 10.0. The van der Waals surface area contributed by atoms with E-state index in [1.165, 1.54) is 17.8 Å². The number of methoxy groups -OCH3 is 1. The SMILES string of the molecule is CCn1c(SCC(=O)Nc2cccc(OC)c2)nnc1[C@@H](CC(C)C)NC(=O)c1ccc(Cl)cc1Cl. The molecule has 36 heavy (non-hydrogen) atoms. The molecule has 0 unspecified atom stereocenters. The summed E-state index contributed by atoms with van der Waals surface area (Å²) < 4.78 is 7.11. The standard InChI is InChI=1S/C25H29Cl2N5O3S/c1-5-32-23(21(11-15(2)3)29-24(34)19-10-9-16(26)12-20(19)27)30-31-25(32)36-14-22(33)28-17-7-6-8-18(13-17)35-4/h6-10,12-13,15,21H,5,11,14H2,1-4H3,(H,28,33)(H,29,34)/t21-/m1/s1. The lowest BCUT2D eigenvalue weighted by molar-refractivity contribution is -0.113. The summed E-state index contributed by atoms with van der Waals surface area (Å²) in [5.74, 6) is 1.22. The summed E-state index contributed by atoms with van der Waals surface area (Å²) in [5.41, 5.74) is 0.986. The number of nitrogens with one attached hydrogen (secondary N) is 2. The Morgan fingerprint density at radius 2 is 1.92 bits per heavy atom. The largest absolute Gasteiger partial charge is 0.497 e. The highest BCUT2D eigenvalue weighted by atomic mass is 35.5. The zero-order chi connectivity index (χ0) is 26.2. The summed E-state index contributed by atoms with van der Waals surface area (Å²) in [5, 5.41) is 15.9. The van der Waals surface area contributed by atoms with Crippen molar-refractivity contribution in [1.29, 1.82) is 0 Å². The topological polar surface area (TPSA) is 98.1 Å². The molecule has 1 aromatic heterocycles. The van der Waals surface area contributed by atoms with Gasteiger partial charge in [-0.15, -0.1) is 10.2 Å². The van der Waals surface area contributed by atoms with Crippen LogP contribution in [0.2, 0.25) is 10.0 Å². The lowest BCUT2D eigenvalue weighted by atomic mass is 10.0. The molecule has 2 aromatic carbocycles. The van der Waals surface area contributed by atoms with Gasteiger partial charge in [0.15, 0.2) is 11.0 Å². The fourth-order valence-corrected chi connectivity index (χ4v) is 4.90. The average molecular weight is 551 g/mol. The number of aromatic nitrogens is 3. The van der Waals surface area contributed by atoms with Crippen LogP contribution in [0.25, 0.3) is 0 Å². The molecule has 1 heterocycles. The van der Waals surface area contributed by atoms with Crippen molar-refractivity contribution in [2.45, 2.75) is 44.9 Å². The van der Waals surface area contributed by atoms with Crippen LogP contribution in [0, 0.1) is 5.92 Å². The Labute approximate surface area is 225 Å². The van der Waals surface area contributed by atoms with E-state index < -0.39 is 6.04 Å². The molecule has 2 N–H and O–H groups in total. The van der Waals surface area contributed by atoms with Gasteiger partial charge >= 0.3 is 0 Å². The molecule has 2 amide bonds. The van der Waals surface area contributed by atoms with Crippen LogP contribution in [0.5, 0.6) is 5.75 Å². The van der Waals surface area contributed by atoms with Gasteiger partial charge in [0.25, 0.3) is 5.91 Å².